The van der Waals surface area contributed by atoms with E-state index in [-0.39, 0.29) is 11.9 Å². The third-order valence-corrected chi connectivity index (χ3v) is 2.87. The molecule has 0 radical (unpaired) electrons. The molecule has 1 aromatic carbocycles. The lowest BCUT2D eigenvalue weighted by Gasteiger charge is -2.20. The summed E-state index contributed by atoms with van der Waals surface area (Å²) in [5.41, 5.74) is 2.76. The highest BCUT2D eigenvalue weighted by Crippen LogP contribution is 2.25. The van der Waals surface area contributed by atoms with Gasteiger partial charge >= 0.3 is 0 Å². The molecule has 1 rings (SSSR count). The summed E-state index contributed by atoms with van der Waals surface area (Å²) >= 11 is 0. The van der Waals surface area contributed by atoms with E-state index in [4.69, 9.17) is 0 Å². The minimum atomic E-state index is -0.113. The van der Waals surface area contributed by atoms with Crippen molar-refractivity contribution in [3.05, 3.63) is 47.3 Å². The van der Waals surface area contributed by atoms with Gasteiger partial charge in [-0.3, -0.25) is 0 Å². The van der Waals surface area contributed by atoms with Crippen LogP contribution < -0.4 is 5.32 Å². The molecular weight excluding hydrogens is 213 g/mol. The van der Waals surface area contributed by atoms with Gasteiger partial charge in [0.2, 0.25) is 0 Å². The molecule has 0 aromatic heterocycles. The maximum atomic E-state index is 14.0. The molecule has 1 aromatic rings. The Bertz CT molecular complexity index is 362. The van der Waals surface area contributed by atoms with Crippen molar-refractivity contribution in [2.24, 2.45) is 0 Å². The molecule has 1 unspecified atom stereocenters. The molecule has 0 aliphatic rings. The van der Waals surface area contributed by atoms with E-state index in [1.54, 1.807) is 6.07 Å². The standard InChI is InChI=1S/C15H22FN/c1-5-7-14(17-8-6-2)15-12(4)9-11(3)10-13(15)16/h5,9-10,14,17H,1,6-8H2,2-4H3. The van der Waals surface area contributed by atoms with Crippen molar-refractivity contribution >= 4 is 0 Å². The van der Waals surface area contributed by atoms with Gasteiger partial charge in [-0.1, -0.05) is 19.1 Å². The summed E-state index contributed by atoms with van der Waals surface area (Å²) in [6.07, 6.45) is 3.63. The predicted molar refractivity (Wildman–Crippen MR) is 71.7 cm³/mol. The molecule has 2 heteroatoms. The molecule has 1 nitrogen and oxygen atoms in total. The Labute approximate surface area is 104 Å². The van der Waals surface area contributed by atoms with Crippen LogP contribution in [0.25, 0.3) is 0 Å². The van der Waals surface area contributed by atoms with Crippen LogP contribution in [0.15, 0.2) is 24.8 Å². The maximum absolute atomic E-state index is 14.0. The zero-order valence-corrected chi connectivity index (χ0v) is 11.0. The van der Waals surface area contributed by atoms with Crippen molar-refractivity contribution in [1.82, 2.24) is 5.32 Å². The maximum Gasteiger partial charge on any atom is 0.128 e. The predicted octanol–water partition coefficient (Wildman–Crippen LogP) is 4.06. The summed E-state index contributed by atoms with van der Waals surface area (Å²) in [7, 11) is 0. The van der Waals surface area contributed by atoms with Gasteiger partial charge in [-0.05, 0) is 50.4 Å². The SMILES string of the molecule is C=CCC(NCCC)c1c(C)cc(C)cc1F. The van der Waals surface area contributed by atoms with Crippen molar-refractivity contribution < 1.29 is 4.39 Å². The van der Waals surface area contributed by atoms with E-state index in [0.29, 0.717) is 0 Å². The summed E-state index contributed by atoms with van der Waals surface area (Å²) in [6.45, 7) is 10.6. The van der Waals surface area contributed by atoms with Gasteiger partial charge in [0, 0.05) is 11.6 Å². The smallest absolute Gasteiger partial charge is 0.128 e. The summed E-state index contributed by atoms with van der Waals surface area (Å²) in [5, 5.41) is 3.38. The van der Waals surface area contributed by atoms with E-state index in [9.17, 15) is 4.39 Å². The lowest BCUT2D eigenvalue weighted by Crippen LogP contribution is -2.23. The van der Waals surface area contributed by atoms with Crippen LogP contribution >= 0.6 is 0 Å². The summed E-state index contributed by atoms with van der Waals surface area (Å²) in [5.74, 6) is -0.113. The Morgan fingerprint density at radius 2 is 2.12 bits per heavy atom. The summed E-state index contributed by atoms with van der Waals surface area (Å²) in [6, 6.07) is 3.67. The molecule has 0 saturated heterocycles. The van der Waals surface area contributed by atoms with Crippen molar-refractivity contribution in [1.29, 1.82) is 0 Å². The third-order valence-electron chi connectivity index (χ3n) is 2.87. The molecule has 94 valence electrons. The molecule has 1 atom stereocenters. The largest absolute Gasteiger partial charge is 0.310 e. The molecule has 17 heavy (non-hydrogen) atoms. The number of hydrogen-bond acceptors (Lipinski definition) is 1. The summed E-state index contributed by atoms with van der Waals surface area (Å²) in [4.78, 5) is 0. The first kappa shape index (κ1) is 13.9. The van der Waals surface area contributed by atoms with Crippen molar-refractivity contribution in [3.63, 3.8) is 0 Å². The normalized spacial score (nSPS) is 12.5. The van der Waals surface area contributed by atoms with E-state index in [2.05, 4.69) is 18.8 Å². The first-order chi connectivity index (χ1) is 8.10. The Morgan fingerprint density at radius 1 is 1.41 bits per heavy atom. The quantitative estimate of drug-likeness (QED) is 0.733. The number of halogens is 1. The highest BCUT2D eigenvalue weighted by atomic mass is 19.1. The second-order valence-corrected chi connectivity index (χ2v) is 4.51. The van der Waals surface area contributed by atoms with Crippen LogP contribution in [-0.2, 0) is 0 Å². The lowest BCUT2D eigenvalue weighted by atomic mass is 9.96. The van der Waals surface area contributed by atoms with Crippen LogP contribution in [-0.4, -0.2) is 6.54 Å². The molecule has 0 heterocycles. The first-order valence-corrected chi connectivity index (χ1v) is 6.21. The second-order valence-electron chi connectivity index (χ2n) is 4.51. The van der Waals surface area contributed by atoms with Gasteiger partial charge in [0.15, 0.2) is 0 Å². The van der Waals surface area contributed by atoms with Crippen LogP contribution in [0.5, 0.6) is 0 Å². The van der Waals surface area contributed by atoms with Gasteiger partial charge < -0.3 is 5.32 Å². The van der Waals surface area contributed by atoms with Gasteiger partial charge in [-0.25, -0.2) is 4.39 Å². The molecule has 0 aliphatic heterocycles. The van der Waals surface area contributed by atoms with E-state index < -0.39 is 0 Å². The fraction of sp³-hybridized carbons (Fsp3) is 0.467. The number of rotatable bonds is 6. The molecule has 0 saturated carbocycles. The van der Waals surface area contributed by atoms with Crippen LogP contribution in [0.4, 0.5) is 4.39 Å². The van der Waals surface area contributed by atoms with Crippen LogP contribution in [0.1, 0.15) is 42.5 Å². The zero-order valence-electron chi connectivity index (χ0n) is 11.0. The van der Waals surface area contributed by atoms with Gasteiger partial charge in [-0.15, -0.1) is 6.58 Å². The Hall–Kier alpha value is -1.15. The molecule has 0 amide bonds. The minimum Gasteiger partial charge on any atom is -0.310 e. The Morgan fingerprint density at radius 3 is 2.65 bits per heavy atom. The van der Waals surface area contributed by atoms with E-state index in [1.165, 1.54) is 0 Å². The Balaban J connectivity index is 3.04. The molecule has 1 N–H and O–H groups in total. The summed E-state index contributed by atoms with van der Waals surface area (Å²) < 4.78 is 14.0. The topological polar surface area (TPSA) is 12.0 Å². The molecule has 0 fully saturated rings. The fourth-order valence-corrected chi connectivity index (χ4v) is 2.16. The van der Waals surface area contributed by atoms with Crippen molar-refractivity contribution in [3.8, 4) is 0 Å². The van der Waals surface area contributed by atoms with Crippen LogP contribution in [0.2, 0.25) is 0 Å². The van der Waals surface area contributed by atoms with Crippen molar-refractivity contribution in [2.75, 3.05) is 6.54 Å². The Kier molecular flexibility index (Phi) is 5.36. The first-order valence-electron chi connectivity index (χ1n) is 6.21. The zero-order chi connectivity index (χ0) is 12.8. The van der Waals surface area contributed by atoms with Gasteiger partial charge in [0.05, 0.1) is 0 Å². The van der Waals surface area contributed by atoms with Gasteiger partial charge in [-0.2, -0.15) is 0 Å². The van der Waals surface area contributed by atoms with E-state index in [1.807, 2.05) is 26.0 Å². The molecule has 0 aliphatic carbocycles. The van der Waals surface area contributed by atoms with E-state index >= 15 is 0 Å². The highest BCUT2D eigenvalue weighted by molar-refractivity contribution is 5.34. The average molecular weight is 235 g/mol. The number of aryl methyl sites for hydroxylation is 2. The molecule has 0 spiro atoms. The monoisotopic (exact) mass is 235 g/mol. The molecule has 0 bridgehead atoms. The number of hydrogen-bond donors (Lipinski definition) is 1. The van der Waals surface area contributed by atoms with Gasteiger partial charge in [0.1, 0.15) is 5.82 Å². The second kappa shape index (κ2) is 6.55. The van der Waals surface area contributed by atoms with E-state index in [0.717, 1.165) is 36.1 Å². The van der Waals surface area contributed by atoms with Crippen LogP contribution in [0, 0.1) is 19.7 Å². The highest BCUT2D eigenvalue weighted by Gasteiger charge is 2.16. The van der Waals surface area contributed by atoms with Gasteiger partial charge in [0.25, 0.3) is 0 Å². The minimum absolute atomic E-state index is 0.0352. The van der Waals surface area contributed by atoms with Crippen LogP contribution in [0.3, 0.4) is 0 Å². The number of benzene rings is 1. The average Bonchev–Trinajstić information content (AvgIpc) is 2.24. The number of nitrogens with one attached hydrogen (secondary N) is 1. The molecular formula is C15H22FN. The fourth-order valence-electron chi connectivity index (χ4n) is 2.16. The lowest BCUT2D eigenvalue weighted by molar-refractivity contribution is 0.500. The van der Waals surface area contributed by atoms with Crippen molar-refractivity contribution in [2.45, 2.75) is 39.7 Å². The third kappa shape index (κ3) is 3.67.